The molecule has 2 aliphatic rings. The Morgan fingerprint density at radius 2 is 2.00 bits per heavy atom. The van der Waals surface area contributed by atoms with Gasteiger partial charge in [-0.05, 0) is 58.6 Å². The molecule has 2 saturated heterocycles. The van der Waals surface area contributed by atoms with Gasteiger partial charge in [0.1, 0.15) is 12.0 Å². The fraction of sp³-hybridized carbons (Fsp3) is 0.600. The lowest BCUT2D eigenvalue weighted by molar-refractivity contribution is 0.0557. The molecule has 140 valence electrons. The summed E-state index contributed by atoms with van der Waals surface area (Å²) in [4.78, 5) is 17.6. The van der Waals surface area contributed by atoms with E-state index in [1.165, 1.54) is 5.56 Å². The van der Waals surface area contributed by atoms with Gasteiger partial charge in [-0.3, -0.25) is 9.69 Å². The van der Waals surface area contributed by atoms with Crippen LogP contribution >= 0.6 is 0 Å². The van der Waals surface area contributed by atoms with E-state index in [1.54, 1.807) is 18.6 Å². The summed E-state index contributed by atoms with van der Waals surface area (Å²) in [6, 6.07) is 1.77. The minimum Gasteiger partial charge on any atom is -0.472 e. The number of carbonyl (C=O) groups excluding carboxylic acids is 1. The highest BCUT2D eigenvalue weighted by molar-refractivity contribution is 5.94. The van der Waals surface area contributed by atoms with Gasteiger partial charge in [0.15, 0.2) is 0 Å². The summed E-state index contributed by atoms with van der Waals surface area (Å²) >= 11 is 0. The topological polar surface area (TPSA) is 62.7 Å². The van der Waals surface area contributed by atoms with Crippen LogP contribution in [0.3, 0.4) is 0 Å². The maximum atomic E-state index is 13.0. The van der Waals surface area contributed by atoms with Crippen LogP contribution in [-0.4, -0.2) is 46.0 Å². The molecule has 6 heteroatoms. The van der Waals surface area contributed by atoms with Gasteiger partial charge in [-0.15, -0.1) is 0 Å². The smallest absolute Gasteiger partial charge is 0.257 e. The minimum absolute atomic E-state index is 0.00182. The molecule has 0 N–H and O–H groups in total. The van der Waals surface area contributed by atoms with E-state index in [0.717, 1.165) is 69.7 Å². The first-order chi connectivity index (χ1) is 12.6. The lowest BCUT2D eigenvalue weighted by Crippen LogP contribution is -2.47. The predicted octanol–water partition coefficient (Wildman–Crippen LogP) is 3.55. The van der Waals surface area contributed by atoms with Gasteiger partial charge in [0, 0.05) is 30.7 Å². The fourth-order valence-corrected chi connectivity index (χ4v) is 4.66. The van der Waals surface area contributed by atoms with Crippen LogP contribution in [0.15, 0.2) is 27.5 Å². The lowest BCUT2D eigenvalue weighted by Gasteiger charge is -2.38. The molecule has 0 radical (unpaired) electrons. The van der Waals surface area contributed by atoms with Crippen LogP contribution in [0.25, 0.3) is 0 Å². The zero-order valence-electron chi connectivity index (χ0n) is 15.7. The van der Waals surface area contributed by atoms with Gasteiger partial charge < -0.3 is 13.8 Å². The van der Waals surface area contributed by atoms with Gasteiger partial charge in [0.25, 0.3) is 5.91 Å². The summed E-state index contributed by atoms with van der Waals surface area (Å²) < 4.78 is 10.4. The predicted molar refractivity (Wildman–Crippen MR) is 96.8 cm³/mol. The van der Waals surface area contributed by atoms with Gasteiger partial charge in [0.2, 0.25) is 0 Å². The first-order valence-corrected chi connectivity index (χ1v) is 9.57. The Morgan fingerprint density at radius 3 is 2.69 bits per heavy atom. The Kier molecular flexibility index (Phi) is 4.61. The molecule has 1 atom stereocenters. The average Bonchev–Trinajstić information content (AvgIpc) is 3.33. The van der Waals surface area contributed by atoms with Crippen LogP contribution in [0.4, 0.5) is 0 Å². The van der Waals surface area contributed by atoms with E-state index in [9.17, 15) is 4.79 Å². The maximum absolute atomic E-state index is 13.0. The third-order valence-corrected chi connectivity index (χ3v) is 6.18. The second-order valence-corrected chi connectivity index (χ2v) is 7.73. The minimum atomic E-state index is 0.00182. The Bertz CT molecular complexity index is 748. The van der Waals surface area contributed by atoms with E-state index in [1.807, 2.05) is 13.8 Å². The molecule has 2 aromatic heterocycles. The number of hydrogen-bond acceptors (Lipinski definition) is 5. The number of furan rings is 1. The molecule has 0 unspecified atom stereocenters. The van der Waals surface area contributed by atoms with E-state index >= 15 is 0 Å². The average molecular weight is 357 g/mol. The number of hydrogen-bond donors (Lipinski definition) is 0. The molecule has 2 aliphatic heterocycles. The molecule has 0 aliphatic carbocycles. The molecule has 2 aromatic rings. The summed E-state index contributed by atoms with van der Waals surface area (Å²) in [6.07, 6.45) is 8.56. The van der Waals surface area contributed by atoms with Gasteiger partial charge in [0.05, 0.1) is 17.5 Å². The molecule has 2 fully saturated rings. The van der Waals surface area contributed by atoms with E-state index in [2.05, 4.69) is 15.0 Å². The van der Waals surface area contributed by atoms with Crippen molar-refractivity contribution in [3.63, 3.8) is 0 Å². The summed E-state index contributed by atoms with van der Waals surface area (Å²) in [7, 11) is 0. The van der Waals surface area contributed by atoms with Gasteiger partial charge in [-0.1, -0.05) is 5.16 Å². The highest BCUT2D eigenvalue weighted by Gasteiger charge is 2.44. The Balaban J connectivity index is 1.47. The van der Waals surface area contributed by atoms with Crippen LogP contribution in [0.5, 0.6) is 0 Å². The van der Waals surface area contributed by atoms with E-state index in [-0.39, 0.29) is 11.4 Å². The van der Waals surface area contributed by atoms with Gasteiger partial charge in [-0.2, -0.15) is 0 Å². The van der Waals surface area contributed by atoms with Crippen molar-refractivity contribution >= 4 is 5.91 Å². The van der Waals surface area contributed by atoms with E-state index < -0.39 is 0 Å². The SMILES string of the molecule is Cc1noc(C)c1CN1CCC[C@@]2(CCCN2C(=O)c2ccoc2)CC1. The first-order valence-electron chi connectivity index (χ1n) is 9.57. The molecule has 4 rings (SSSR count). The lowest BCUT2D eigenvalue weighted by atomic mass is 9.87. The van der Waals surface area contributed by atoms with Crippen molar-refractivity contribution in [2.45, 2.75) is 58.0 Å². The molecule has 1 amide bonds. The number of nitrogens with zero attached hydrogens (tertiary/aromatic N) is 3. The molecule has 1 spiro atoms. The number of aromatic nitrogens is 1. The van der Waals surface area contributed by atoms with E-state index in [4.69, 9.17) is 8.94 Å². The third-order valence-electron chi connectivity index (χ3n) is 6.18. The molecule has 6 nitrogen and oxygen atoms in total. The number of likely N-dealkylation sites (tertiary alicyclic amines) is 2. The fourth-order valence-electron chi connectivity index (χ4n) is 4.66. The number of amides is 1. The largest absolute Gasteiger partial charge is 0.472 e. The number of rotatable bonds is 3. The molecule has 0 bridgehead atoms. The zero-order chi connectivity index (χ0) is 18.1. The van der Waals surface area contributed by atoms with Crippen molar-refractivity contribution in [2.75, 3.05) is 19.6 Å². The Hall–Kier alpha value is -2.08. The van der Waals surface area contributed by atoms with Crippen molar-refractivity contribution < 1.29 is 13.7 Å². The highest BCUT2D eigenvalue weighted by atomic mass is 16.5. The first kappa shape index (κ1) is 17.3. The summed E-state index contributed by atoms with van der Waals surface area (Å²) in [5, 5.41) is 4.08. The second-order valence-electron chi connectivity index (χ2n) is 7.73. The maximum Gasteiger partial charge on any atom is 0.257 e. The highest BCUT2D eigenvalue weighted by Crippen LogP contribution is 2.39. The second kappa shape index (κ2) is 6.91. The van der Waals surface area contributed by atoms with Crippen molar-refractivity contribution in [1.29, 1.82) is 0 Å². The molecule has 0 saturated carbocycles. The standard InChI is InChI=1S/C20H27N3O3/c1-15-18(16(2)26-21-15)13-22-9-3-6-20(8-11-22)7-4-10-23(20)19(24)17-5-12-25-14-17/h5,12,14H,3-4,6-11,13H2,1-2H3/t20-/m1/s1. The summed E-state index contributed by atoms with van der Waals surface area (Å²) in [5.41, 5.74) is 2.86. The van der Waals surface area contributed by atoms with Crippen molar-refractivity contribution in [1.82, 2.24) is 15.0 Å². The molecular weight excluding hydrogens is 330 g/mol. The van der Waals surface area contributed by atoms with Crippen molar-refractivity contribution in [3.05, 3.63) is 41.2 Å². The number of aryl methyl sites for hydroxylation is 2. The summed E-state index contributed by atoms with van der Waals surface area (Å²) in [6.45, 7) is 7.78. The quantitative estimate of drug-likeness (QED) is 0.841. The molecule has 26 heavy (non-hydrogen) atoms. The van der Waals surface area contributed by atoms with Crippen LogP contribution in [-0.2, 0) is 6.54 Å². The molecular formula is C20H27N3O3. The van der Waals surface area contributed by atoms with Crippen molar-refractivity contribution in [3.8, 4) is 0 Å². The molecule has 4 heterocycles. The van der Waals surface area contributed by atoms with Gasteiger partial charge >= 0.3 is 0 Å². The van der Waals surface area contributed by atoms with Gasteiger partial charge in [-0.25, -0.2) is 0 Å². The van der Waals surface area contributed by atoms with Crippen molar-refractivity contribution in [2.24, 2.45) is 0 Å². The Labute approximate surface area is 154 Å². The third kappa shape index (κ3) is 3.07. The normalized spacial score (nSPS) is 24.3. The number of carbonyl (C=O) groups is 1. The summed E-state index contributed by atoms with van der Waals surface area (Å²) in [5.74, 6) is 1.04. The van der Waals surface area contributed by atoms with Crippen LogP contribution in [0.1, 0.15) is 59.5 Å². The van der Waals surface area contributed by atoms with Crippen LogP contribution in [0.2, 0.25) is 0 Å². The Morgan fingerprint density at radius 1 is 1.19 bits per heavy atom. The monoisotopic (exact) mass is 357 g/mol. The van der Waals surface area contributed by atoms with E-state index in [0.29, 0.717) is 5.56 Å². The zero-order valence-corrected chi connectivity index (χ0v) is 15.7. The van der Waals surface area contributed by atoms with Crippen LogP contribution < -0.4 is 0 Å². The molecule has 0 aromatic carbocycles. The van der Waals surface area contributed by atoms with Crippen LogP contribution in [0, 0.1) is 13.8 Å².